The van der Waals surface area contributed by atoms with E-state index in [1.807, 2.05) is 56.3 Å². The van der Waals surface area contributed by atoms with Gasteiger partial charge in [-0.3, -0.25) is 9.59 Å². The third-order valence-electron chi connectivity index (χ3n) is 8.93. The number of carboxylic acids is 3. The first-order valence-corrected chi connectivity index (χ1v) is 16.2. The number of fused-ring (bicyclic) bond motifs is 2. The standard InChI is InChI=1S/C34H46O14/c1-4-5-6-7-11-19-25(36)46-27-26(37)32(47-28(29(38)39)33(44,30(40)41)34(27,48-32)31(42)43)20-13-18-24(45-22(3)35)21(2)14-12-17-23-15-9-8-10-16-23/h8-10,12,15-17,21,24,26-28,37,44H,4-7,11,13-14,18-20H2,1-3H3,(H,38,39)(H,40,41)(H,42,43)/t21-,24-,26-,27-,28+,32-,33-,34+/m1/s1. The Bertz CT molecular complexity index is 1330. The van der Waals surface area contributed by atoms with Crippen LogP contribution in [-0.4, -0.2) is 96.8 Å². The Morgan fingerprint density at radius 3 is 2.23 bits per heavy atom. The molecule has 0 aromatic heterocycles. The van der Waals surface area contributed by atoms with E-state index in [4.69, 9.17) is 18.9 Å². The van der Waals surface area contributed by atoms with Gasteiger partial charge in [0, 0.05) is 19.8 Å². The van der Waals surface area contributed by atoms with Gasteiger partial charge in [0.15, 0.2) is 6.10 Å². The third kappa shape index (κ3) is 8.05. The molecule has 2 saturated heterocycles. The highest BCUT2D eigenvalue weighted by molar-refractivity contribution is 5.98. The number of esters is 2. The lowest BCUT2D eigenvalue weighted by atomic mass is 9.74. The minimum absolute atomic E-state index is 0.0205. The van der Waals surface area contributed by atoms with Gasteiger partial charge in [0.1, 0.15) is 12.2 Å². The van der Waals surface area contributed by atoms with E-state index < -0.39 is 77.7 Å². The predicted molar refractivity (Wildman–Crippen MR) is 167 cm³/mol. The fraction of sp³-hybridized carbons (Fsp3) is 0.618. The summed E-state index contributed by atoms with van der Waals surface area (Å²) in [6.45, 7) is 5.09. The van der Waals surface area contributed by atoms with Gasteiger partial charge in [0.05, 0.1) is 0 Å². The van der Waals surface area contributed by atoms with Crippen LogP contribution in [0.25, 0.3) is 6.08 Å². The number of carbonyl (C=O) groups is 5. The first-order valence-electron chi connectivity index (χ1n) is 16.2. The van der Waals surface area contributed by atoms with Crippen LogP contribution in [0.4, 0.5) is 0 Å². The van der Waals surface area contributed by atoms with Gasteiger partial charge >= 0.3 is 29.8 Å². The van der Waals surface area contributed by atoms with Gasteiger partial charge in [-0.1, -0.05) is 82.0 Å². The van der Waals surface area contributed by atoms with Crippen LogP contribution in [0.15, 0.2) is 36.4 Å². The highest BCUT2D eigenvalue weighted by Crippen LogP contribution is 2.55. The van der Waals surface area contributed by atoms with Gasteiger partial charge < -0.3 is 44.5 Å². The smallest absolute Gasteiger partial charge is 0.344 e. The molecule has 14 heteroatoms. The average molecular weight is 679 g/mol. The molecule has 0 saturated carbocycles. The molecule has 2 bridgehead atoms. The summed E-state index contributed by atoms with van der Waals surface area (Å²) in [5.74, 6) is -10.9. The molecule has 1 aromatic rings. The topological polar surface area (TPSA) is 223 Å². The number of aliphatic hydroxyl groups is 2. The summed E-state index contributed by atoms with van der Waals surface area (Å²) in [7, 11) is 0. The summed E-state index contributed by atoms with van der Waals surface area (Å²) in [5.41, 5.74) is -6.34. The fourth-order valence-electron chi connectivity index (χ4n) is 6.38. The van der Waals surface area contributed by atoms with Gasteiger partial charge in [-0.05, 0) is 37.2 Å². The summed E-state index contributed by atoms with van der Waals surface area (Å²) in [5, 5.41) is 53.2. The summed E-state index contributed by atoms with van der Waals surface area (Å²) in [6.07, 6.45) is -0.582. The van der Waals surface area contributed by atoms with Crippen LogP contribution in [0.5, 0.6) is 0 Å². The fourth-order valence-corrected chi connectivity index (χ4v) is 6.38. The van der Waals surface area contributed by atoms with Crippen molar-refractivity contribution in [2.75, 3.05) is 0 Å². The van der Waals surface area contributed by atoms with Crippen molar-refractivity contribution >= 4 is 35.9 Å². The second-order valence-corrected chi connectivity index (χ2v) is 12.4. The van der Waals surface area contributed by atoms with E-state index in [1.165, 1.54) is 6.92 Å². The first kappa shape index (κ1) is 38.6. The highest BCUT2D eigenvalue weighted by atomic mass is 16.8. The summed E-state index contributed by atoms with van der Waals surface area (Å²) < 4.78 is 22.0. The van der Waals surface area contributed by atoms with E-state index in [0.717, 1.165) is 24.8 Å². The molecule has 2 aliphatic rings. The number of allylic oxidation sites excluding steroid dienone is 1. The molecule has 5 N–H and O–H groups in total. The van der Waals surface area contributed by atoms with Gasteiger partial charge in [-0.15, -0.1) is 0 Å². The molecular weight excluding hydrogens is 632 g/mol. The molecule has 48 heavy (non-hydrogen) atoms. The molecule has 0 amide bonds. The van der Waals surface area contributed by atoms with E-state index in [1.54, 1.807) is 0 Å². The maximum atomic E-state index is 12.9. The average Bonchev–Trinajstić information content (AvgIpc) is 3.24. The monoisotopic (exact) mass is 678 g/mol. The molecule has 1 aromatic carbocycles. The zero-order valence-corrected chi connectivity index (χ0v) is 27.4. The van der Waals surface area contributed by atoms with Crippen molar-refractivity contribution in [1.82, 2.24) is 0 Å². The Kier molecular flexibility index (Phi) is 13.3. The lowest BCUT2D eigenvalue weighted by Gasteiger charge is -2.48. The number of benzene rings is 1. The van der Waals surface area contributed by atoms with Crippen molar-refractivity contribution < 1.29 is 68.5 Å². The van der Waals surface area contributed by atoms with Crippen molar-refractivity contribution in [3.05, 3.63) is 42.0 Å². The second kappa shape index (κ2) is 16.5. The summed E-state index contributed by atoms with van der Waals surface area (Å²) in [4.78, 5) is 62.4. The van der Waals surface area contributed by atoms with Gasteiger partial charge in [-0.25, -0.2) is 14.4 Å². The molecule has 0 radical (unpaired) electrons. The number of unbranched alkanes of at least 4 members (excludes halogenated alkanes) is 4. The SMILES string of the molecule is CCCCCCCC(=O)O[C@@H]1[C@@H](O)[C@]2(CCC[C@@H](OC(C)=O)[C@H](C)CC=Cc3ccccc3)O[C@@H](C(=O)O)[C@@](O)(C(=O)O)[C@]1(C(=O)O)O2. The summed E-state index contributed by atoms with van der Waals surface area (Å²) >= 11 is 0. The minimum Gasteiger partial charge on any atom is -0.479 e. The largest absolute Gasteiger partial charge is 0.479 e. The van der Waals surface area contributed by atoms with E-state index in [-0.39, 0.29) is 25.2 Å². The van der Waals surface area contributed by atoms with Crippen LogP contribution in [0.3, 0.4) is 0 Å². The van der Waals surface area contributed by atoms with Crippen molar-refractivity contribution in [3.8, 4) is 0 Å². The molecule has 0 aliphatic carbocycles. The van der Waals surface area contributed by atoms with Crippen LogP contribution >= 0.6 is 0 Å². The van der Waals surface area contributed by atoms with Crippen LogP contribution < -0.4 is 0 Å². The van der Waals surface area contributed by atoms with Crippen LogP contribution in [0.1, 0.15) is 90.5 Å². The van der Waals surface area contributed by atoms with Gasteiger partial charge in [-0.2, -0.15) is 0 Å². The Labute approximate surface area is 278 Å². The first-order chi connectivity index (χ1) is 22.7. The lowest BCUT2D eigenvalue weighted by Crippen LogP contribution is -2.78. The van der Waals surface area contributed by atoms with Crippen molar-refractivity contribution in [2.24, 2.45) is 5.92 Å². The number of carbonyl (C=O) groups excluding carboxylic acids is 2. The molecule has 14 nitrogen and oxygen atoms in total. The number of rotatable bonds is 19. The molecule has 0 spiro atoms. The maximum absolute atomic E-state index is 12.9. The van der Waals surface area contributed by atoms with Gasteiger partial charge in [0.2, 0.25) is 23.1 Å². The quantitative estimate of drug-likeness (QED) is 0.105. The van der Waals surface area contributed by atoms with E-state index in [2.05, 4.69) is 0 Å². The van der Waals surface area contributed by atoms with Crippen molar-refractivity contribution in [3.63, 3.8) is 0 Å². The molecule has 0 unspecified atom stereocenters. The Balaban J connectivity index is 1.89. The highest BCUT2D eigenvalue weighted by Gasteiger charge is 2.85. The number of hydrogen-bond acceptors (Lipinski definition) is 11. The number of carboxylic acid groups (broad SMARTS) is 3. The number of ether oxygens (including phenoxy) is 4. The number of hydrogen-bond donors (Lipinski definition) is 5. The second-order valence-electron chi connectivity index (χ2n) is 12.4. The van der Waals surface area contributed by atoms with E-state index >= 15 is 0 Å². The van der Waals surface area contributed by atoms with E-state index in [9.17, 15) is 49.5 Å². The predicted octanol–water partition coefficient (Wildman–Crippen LogP) is 3.31. The Morgan fingerprint density at radius 2 is 1.65 bits per heavy atom. The van der Waals surface area contributed by atoms with Gasteiger partial charge in [0.25, 0.3) is 0 Å². The number of aliphatic hydroxyl groups excluding tert-OH is 1. The molecule has 8 atom stereocenters. The van der Waals surface area contributed by atoms with Crippen LogP contribution in [0, 0.1) is 5.92 Å². The molecular formula is C34H46O14. The third-order valence-corrected chi connectivity index (χ3v) is 8.93. The normalized spacial score (nSPS) is 29.2. The van der Waals surface area contributed by atoms with Crippen molar-refractivity contribution in [2.45, 2.75) is 126 Å². The molecule has 266 valence electrons. The van der Waals surface area contributed by atoms with Crippen LogP contribution in [0.2, 0.25) is 0 Å². The Morgan fingerprint density at radius 1 is 0.979 bits per heavy atom. The summed E-state index contributed by atoms with van der Waals surface area (Å²) in [6, 6.07) is 9.52. The Hall–Kier alpha value is -3.85. The van der Waals surface area contributed by atoms with E-state index in [0.29, 0.717) is 19.3 Å². The maximum Gasteiger partial charge on any atom is 0.344 e. The lowest BCUT2D eigenvalue weighted by molar-refractivity contribution is -0.374. The molecule has 3 rings (SSSR count). The molecule has 2 fully saturated rings. The number of aliphatic carboxylic acids is 3. The van der Waals surface area contributed by atoms with Crippen LogP contribution in [-0.2, 0) is 42.9 Å². The minimum atomic E-state index is -3.84. The zero-order chi connectivity index (χ0) is 35.7. The van der Waals surface area contributed by atoms with Crippen molar-refractivity contribution in [1.29, 1.82) is 0 Å². The molecule has 2 heterocycles. The zero-order valence-electron chi connectivity index (χ0n) is 27.4. The molecule has 2 aliphatic heterocycles.